The molecular weight excluding hydrogens is 352 g/mol. The molecule has 0 fully saturated rings. The van der Waals surface area contributed by atoms with Gasteiger partial charge in [0.15, 0.2) is 0 Å². The summed E-state index contributed by atoms with van der Waals surface area (Å²) >= 11 is 0. The van der Waals surface area contributed by atoms with E-state index in [2.05, 4.69) is 0 Å². The molecule has 0 saturated heterocycles. The summed E-state index contributed by atoms with van der Waals surface area (Å²) in [5, 5.41) is 28.3. The van der Waals surface area contributed by atoms with Crippen LogP contribution < -0.4 is 5.73 Å². The molecule has 8 heteroatoms. The first-order valence-electron chi connectivity index (χ1n) is 8.24. The SMILES string of the molecule is NCCC[C@@H](C(=O)O)N(C(=O)c1ccc(O)cc1)C(=O)c1ccc(O)cc1. The van der Waals surface area contributed by atoms with Crippen molar-refractivity contribution in [2.75, 3.05) is 6.54 Å². The molecule has 0 aliphatic rings. The number of hydrogen-bond acceptors (Lipinski definition) is 6. The monoisotopic (exact) mass is 372 g/mol. The summed E-state index contributed by atoms with van der Waals surface area (Å²) < 4.78 is 0. The van der Waals surface area contributed by atoms with E-state index >= 15 is 0 Å². The molecule has 0 aliphatic carbocycles. The molecule has 2 aromatic rings. The van der Waals surface area contributed by atoms with E-state index in [0.717, 1.165) is 0 Å². The van der Waals surface area contributed by atoms with Gasteiger partial charge >= 0.3 is 5.97 Å². The molecule has 2 aromatic carbocycles. The van der Waals surface area contributed by atoms with E-state index in [1.807, 2.05) is 0 Å². The lowest BCUT2D eigenvalue weighted by Gasteiger charge is -2.27. The number of amides is 2. The van der Waals surface area contributed by atoms with Gasteiger partial charge in [-0.1, -0.05) is 0 Å². The van der Waals surface area contributed by atoms with Crippen molar-refractivity contribution < 1.29 is 29.7 Å². The molecule has 0 aliphatic heterocycles. The van der Waals surface area contributed by atoms with E-state index in [4.69, 9.17) is 5.73 Å². The standard InChI is InChI=1S/C19H20N2O6/c20-11-1-2-16(19(26)27)21(17(24)12-3-7-14(22)8-4-12)18(25)13-5-9-15(23)10-6-13/h3-10,16,22-23H,1-2,11,20H2,(H,26,27)/t16-/m0/s1. The predicted octanol–water partition coefficient (Wildman–Crippen LogP) is 1.57. The lowest BCUT2D eigenvalue weighted by atomic mass is 10.0. The van der Waals surface area contributed by atoms with Gasteiger partial charge in [-0.15, -0.1) is 0 Å². The van der Waals surface area contributed by atoms with Crippen LogP contribution in [0.4, 0.5) is 0 Å². The fourth-order valence-corrected chi connectivity index (χ4v) is 2.54. The molecule has 0 bridgehead atoms. The molecule has 0 aromatic heterocycles. The van der Waals surface area contributed by atoms with Gasteiger partial charge in [-0.05, 0) is 67.9 Å². The molecule has 2 amide bonds. The predicted molar refractivity (Wildman–Crippen MR) is 96.4 cm³/mol. The Hall–Kier alpha value is -3.39. The summed E-state index contributed by atoms with van der Waals surface area (Å²) in [5.74, 6) is -3.08. The Labute approximate surface area is 155 Å². The van der Waals surface area contributed by atoms with Crippen molar-refractivity contribution in [3.05, 3.63) is 59.7 Å². The van der Waals surface area contributed by atoms with Gasteiger partial charge in [0.1, 0.15) is 17.5 Å². The second kappa shape index (κ2) is 8.81. The number of carboxylic acid groups (broad SMARTS) is 1. The minimum absolute atomic E-state index is 0.000515. The molecule has 5 N–H and O–H groups in total. The van der Waals surface area contributed by atoms with Crippen LogP contribution in [0.2, 0.25) is 0 Å². The number of hydrogen-bond donors (Lipinski definition) is 4. The zero-order valence-electron chi connectivity index (χ0n) is 14.4. The highest BCUT2D eigenvalue weighted by molar-refractivity contribution is 6.12. The van der Waals surface area contributed by atoms with Crippen LogP contribution in [0.3, 0.4) is 0 Å². The maximum atomic E-state index is 12.9. The molecule has 0 spiro atoms. The molecule has 1 atom stereocenters. The fourth-order valence-electron chi connectivity index (χ4n) is 2.54. The number of imide groups is 1. The molecule has 27 heavy (non-hydrogen) atoms. The lowest BCUT2D eigenvalue weighted by Crippen LogP contribution is -2.49. The minimum Gasteiger partial charge on any atom is -0.508 e. The Balaban J connectivity index is 2.47. The zero-order valence-corrected chi connectivity index (χ0v) is 14.4. The second-order valence-electron chi connectivity index (χ2n) is 5.86. The minimum atomic E-state index is -1.41. The van der Waals surface area contributed by atoms with Gasteiger partial charge in [-0.2, -0.15) is 0 Å². The summed E-state index contributed by atoms with van der Waals surface area (Å²) in [6.45, 7) is 0.207. The van der Waals surface area contributed by atoms with Crippen molar-refractivity contribution in [2.45, 2.75) is 18.9 Å². The highest BCUT2D eigenvalue weighted by Gasteiger charge is 2.35. The summed E-state index contributed by atoms with van der Waals surface area (Å²) in [4.78, 5) is 38.3. The Bertz CT molecular complexity index is 760. The number of rotatable bonds is 7. The smallest absolute Gasteiger partial charge is 0.326 e. The first kappa shape index (κ1) is 19.9. The number of benzene rings is 2. The molecule has 0 heterocycles. The van der Waals surface area contributed by atoms with Gasteiger partial charge in [0, 0.05) is 11.1 Å². The number of phenolic OH excluding ortho intramolecular Hbond substituents is 2. The molecule has 142 valence electrons. The van der Waals surface area contributed by atoms with E-state index in [9.17, 15) is 29.7 Å². The van der Waals surface area contributed by atoms with Crippen LogP contribution in [-0.4, -0.2) is 50.6 Å². The average Bonchev–Trinajstić information content (AvgIpc) is 2.65. The van der Waals surface area contributed by atoms with Gasteiger partial charge in [0.05, 0.1) is 0 Å². The van der Waals surface area contributed by atoms with Gasteiger partial charge in [-0.25, -0.2) is 4.79 Å². The maximum absolute atomic E-state index is 12.9. The number of aliphatic carboxylic acids is 1. The largest absolute Gasteiger partial charge is 0.508 e. The quantitative estimate of drug-likeness (QED) is 0.541. The normalized spacial score (nSPS) is 11.6. The number of nitrogens with two attached hydrogens (primary N) is 1. The van der Waals surface area contributed by atoms with Crippen molar-refractivity contribution in [2.24, 2.45) is 5.73 Å². The van der Waals surface area contributed by atoms with Gasteiger partial charge < -0.3 is 21.1 Å². The van der Waals surface area contributed by atoms with Crippen LogP contribution in [0, 0.1) is 0 Å². The third kappa shape index (κ3) is 4.83. The van der Waals surface area contributed by atoms with Gasteiger partial charge in [0.2, 0.25) is 0 Å². The first-order valence-corrected chi connectivity index (χ1v) is 8.24. The fraction of sp³-hybridized carbons (Fsp3) is 0.211. The van der Waals surface area contributed by atoms with Gasteiger partial charge in [-0.3, -0.25) is 14.5 Å². The van der Waals surface area contributed by atoms with E-state index in [0.29, 0.717) is 11.3 Å². The van der Waals surface area contributed by atoms with E-state index in [-0.39, 0.29) is 35.6 Å². The average molecular weight is 372 g/mol. The number of nitrogens with zero attached hydrogens (tertiary/aromatic N) is 1. The zero-order chi connectivity index (χ0) is 20.0. The number of phenols is 2. The summed E-state index contributed by atoms with van der Waals surface area (Å²) in [5.41, 5.74) is 5.56. The Morgan fingerprint density at radius 3 is 1.59 bits per heavy atom. The van der Waals surface area contributed by atoms with Crippen molar-refractivity contribution in [1.29, 1.82) is 0 Å². The summed E-state index contributed by atoms with van der Waals surface area (Å²) in [6, 6.07) is 8.88. The number of aromatic hydroxyl groups is 2. The first-order chi connectivity index (χ1) is 12.8. The third-order valence-electron chi connectivity index (χ3n) is 3.94. The van der Waals surface area contributed by atoms with Crippen molar-refractivity contribution in [1.82, 2.24) is 4.90 Å². The topological polar surface area (TPSA) is 141 Å². The number of carboxylic acids is 1. The molecular formula is C19H20N2O6. The lowest BCUT2D eigenvalue weighted by molar-refractivity contribution is -0.141. The highest BCUT2D eigenvalue weighted by atomic mass is 16.4. The van der Waals surface area contributed by atoms with Crippen LogP contribution in [0.5, 0.6) is 11.5 Å². The van der Waals surface area contributed by atoms with E-state index in [1.54, 1.807) is 0 Å². The van der Waals surface area contributed by atoms with Crippen molar-refractivity contribution in [3.63, 3.8) is 0 Å². The molecule has 0 unspecified atom stereocenters. The number of carbonyl (C=O) groups excluding carboxylic acids is 2. The Morgan fingerprint density at radius 2 is 1.26 bits per heavy atom. The number of carbonyl (C=O) groups is 3. The Morgan fingerprint density at radius 1 is 0.852 bits per heavy atom. The second-order valence-corrected chi connectivity index (χ2v) is 5.86. The van der Waals surface area contributed by atoms with E-state index < -0.39 is 23.8 Å². The van der Waals surface area contributed by atoms with Crippen LogP contribution in [0.25, 0.3) is 0 Å². The summed E-state index contributed by atoms with van der Waals surface area (Å²) in [7, 11) is 0. The van der Waals surface area contributed by atoms with Crippen molar-refractivity contribution in [3.8, 4) is 11.5 Å². The molecule has 2 rings (SSSR count). The van der Waals surface area contributed by atoms with E-state index in [1.165, 1.54) is 48.5 Å². The summed E-state index contributed by atoms with van der Waals surface area (Å²) in [6.07, 6.45) is 0.304. The van der Waals surface area contributed by atoms with Crippen LogP contribution in [0.15, 0.2) is 48.5 Å². The molecule has 8 nitrogen and oxygen atoms in total. The molecule has 0 radical (unpaired) electrons. The van der Waals surface area contributed by atoms with Crippen molar-refractivity contribution >= 4 is 17.8 Å². The third-order valence-corrected chi connectivity index (χ3v) is 3.94. The van der Waals surface area contributed by atoms with Crippen LogP contribution in [0.1, 0.15) is 33.6 Å². The molecule has 0 saturated carbocycles. The Kier molecular flexibility index (Phi) is 6.51. The van der Waals surface area contributed by atoms with Gasteiger partial charge in [0.25, 0.3) is 11.8 Å². The van der Waals surface area contributed by atoms with Crippen LogP contribution >= 0.6 is 0 Å². The highest BCUT2D eigenvalue weighted by Crippen LogP contribution is 2.20. The maximum Gasteiger partial charge on any atom is 0.326 e. The van der Waals surface area contributed by atoms with Crippen LogP contribution in [-0.2, 0) is 4.79 Å².